The fourth-order valence-electron chi connectivity index (χ4n) is 4.43. The summed E-state index contributed by atoms with van der Waals surface area (Å²) in [4.78, 5) is 14.0. The highest BCUT2D eigenvalue weighted by Crippen LogP contribution is 2.42. The summed E-state index contributed by atoms with van der Waals surface area (Å²) in [5.74, 6) is -0.527. The van der Waals surface area contributed by atoms with E-state index < -0.39 is 22.0 Å². The van der Waals surface area contributed by atoms with Crippen LogP contribution in [0.3, 0.4) is 0 Å². The van der Waals surface area contributed by atoms with Crippen LogP contribution in [0.1, 0.15) is 18.2 Å². The monoisotopic (exact) mass is 480 g/mol. The quantitative estimate of drug-likeness (QED) is 0.376. The van der Waals surface area contributed by atoms with E-state index in [1.807, 2.05) is 19.2 Å². The van der Waals surface area contributed by atoms with Crippen molar-refractivity contribution in [1.82, 2.24) is 8.87 Å². The highest BCUT2D eigenvalue weighted by molar-refractivity contribution is 7.89. The van der Waals surface area contributed by atoms with Gasteiger partial charge in [-0.25, -0.2) is 8.42 Å². The van der Waals surface area contributed by atoms with Gasteiger partial charge in [0, 0.05) is 33.9 Å². The first-order valence-electron chi connectivity index (χ1n) is 10.7. The van der Waals surface area contributed by atoms with Crippen LogP contribution in [-0.2, 0) is 33.1 Å². The van der Waals surface area contributed by atoms with Crippen molar-refractivity contribution in [3.05, 3.63) is 65.7 Å². The van der Waals surface area contributed by atoms with Crippen LogP contribution in [0.25, 0.3) is 32.5 Å². The van der Waals surface area contributed by atoms with Gasteiger partial charge in [0.1, 0.15) is 6.04 Å². The van der Waals surface area contributed by atoms with Crippen LogP contribution in [0.5, 0.6) is 0 Å². The zero-order valence-electron chi connectivity index (χ0n) is 18.6. The Hall–Kier alpha value is -2.94. The van der Waals surface area contributed by atoms with Gasteiger partial charge in [-0.05, 0) is 47.4 Å². The number of aryl methyl sites for hydroxylation is 1. The molecule has 33 heavy (non-hydrogen) atoms. The highest BCUT2D eigenvalue weighted by Gasteiger charge is 2.43. The van der Waals surface area contributed by atoms with E-state index in [4.69, 9.17) is 4.74 Å². The Morgan fingerprint density at radius 2 is 1.76 bits per heavy atom. The Morgan fingerprint density at radius 3 is 2.42 bits per heavy atom. The fraction of sp³-hybridized carbons (Fsp3) is 0.240. The summed E-state index contributed by atoms with van der Waals surface area (Å²) in [5, 5.41) is 1.20. The first-order valence-corrected chi connectivity index (χ1v) is 13.0. The molecule has 0 bridgehead atoms. The maximum atomic E-state index is 13.1. The molecular weight excluding hydrogens is 456 g/mol. The number of carbonyl (C=O) groups excluding carboxylic acids is 1. The molecule has 1 unspecified atom stereocenters. The van der Waals surface area contributed by atoms with Crippen molar-refractivity contribution in [1.29, 1.82) is 0 Å². The van der Waals surface area contributed by atoms with Crippen molar-refractivity contribution < 1.29 is 17.9 Å². The molecule has 1 atom stereocenters. The number of nitrogens with zero attached hydrogens (tertiary/aromatic N) is 2. The van der Waals surface area contributed by atoms with Crippen LogP contribution in [0.2, 0.25) is 0 Å². The SMILES string of the molecule is CCC(C(=O)OC)N1Cc2sc(-c3ccc(-c4ccc5c(ccn5C)c4)cc3)cc2S1(=O)=O. The number of rotatable bonds is 5. The molecule has 0 N–H and O–H groups in total. The molecule has 0 saturated heterocycles. The molecular formula is C25H24N2O4S2. The topological polar surface area (TPSA) is 68.6 Å². The van der Waals surface area contributed by atoms with E-state index >= 15 is 0 Å². The number of fused-ring (bicyclic) bond motifs is 2. The summed E-state index contributed by atoms with van der Waals surface area (Å²) >= 11 is 1.46. The molecule has 0 aliphatic carbocycles. The van der Waals surface area contributed by atoms with Crippen molar-refractivity contribution in [2.45, 2.75) is 30.8 Å². The average Bonchev–Trinajstić information content (AvgIpc) is 3.48. The van der Waals surface area contributed by atoms with Gasteiger partial charge >= 0.3 is 5.97 Å². The molecule has 1 aliphatic rings. The molecule has 6 nitrogen and oxygen atoms in total. The van der Waals surface area contributed by atoms with Crippen LogP contribution >= 0.6 is 11.3 Å². The second-order valence-corrected chi connectivity index (χ2v) is 11.2. The molecule has 8 heteroatoms. The lowest BCUT2D eigenvalue weighted by Gasteiger charge is -2.23. The van der Waals surface area contributed by atoms with Crippen LogP contribution in [0, 0.1) is 0 Å². The van der Waals surface area contributed by atoms with Crippen LogP contribution in [-0.4, -0.2) is 36.4 Å². The zero-order chi connectivity index (χ0) is 23.3. The number of thiophene rings is 1. The molecule has 2 aromatic heterocycles. The van der Waals surface area contributed by atoms with Gasteiger partial charge in [-0.3, -0.25) is 4.79 Å². The Labute approximate surface area is 197 Å². The number of aromatic nitrogens is 1. The third-order valence-electron chi connectivity index (χ3n) is 6.25. The van der Waals surface area contributed by atoms with Crippen molar-refractivity contribution >= 4 is 38.2 Å². The van der Waals surface area contributed by atoms with Crippen molar-refractivity contribution in [2.24, 2.45) is 7.05 Å². The van der Waals surface area contributed by atoms with E-state index in [1.54, 1.807) is 13.0 Å². The number of esters is 1. The number of sulfonamides is 1. The molecule has 0 fully saturated rings. The van der Waals surface area contributed by atoms with Gasteiger partial charge in [0.2, 0.25) is 10.0 Å². The first-order chi connectivity index (χ1) is 15.8. The summed E-state index contributed by atoms with van der Waals surface area (Å²) in [7, 11) is -0.414. The average molecular weight is 481 g/mol. The van der Waals surface area contributed by atoms with E-state index in [1.165, 1.54) is 33.7 Å². The smallest absolute Gasteiger partial charge is 0.324 e. The lowest BCUT2D eigenvalue weighted by molar-refractivity contribution is -0.145. The minimum Gasteiger partial charge on any atom is -0.468 e. The summed E-state index contributed by atoms with van der Waals surface area (Å²) in [6, 6.07) is 17.6. The van der Waals surface area contributed by atoms with Crippen LogP contribution < -0.4 is 0 Å². The molecule has 0 spiro atoms. The lowest BCUT2D eigenvalue weighted by atomic mass is 10.0. The second kappa shape index (κ2) is 8.13. The summed E-state index contributed by atoms with van der Waals surface area (Å²) in [5.41, 5.74) is 4.41. The predicted octanol–water partition coefficient (Wildman–Crippen LogP) is 5.03. The maximum Gasteiger partial charge on any atom is 0.324 e. The molecule has 0 amide bonds. The number of benzene rings is 2. The number of hydrogen-bond acceptors (Lipinski definition) is 5. The Morgan fingerprint density at radius 1 is 1.06 bits per heavy atom. The van der Waals surface area contributed by atoms with Gasteiger partial charge in [-0.2, -0.15) is 4.31 Å². The molecule has 170 valence electrons. The van der Waals surface area contributed by atoms with Crippen molar-refractivity contribution in [2.75, 3.05) is 7.11 Å². The van der Waals surface area contributed by atoms with Crippen molar-refractivity contribution in [3.63, 3.8) is 0 Å². The van der Waals surface area contributed by atoms with Gasteiger partial charge in [0.15, 0.2) is 0 Å². The number of carbonyl (C=O) groups is 1. The van der Waals surface area contributed by atoms with Crippen LogP contribution in [0.15, 0.2) is 65.7 Å². The lowest BCUT2D eigenvalue weighted by Crippen LogP contribution is -2.41. The second-order valence-electron chi connectivity index (χ2n) is 8.17. The van der Waals surface area contributed by atoms with E-state index in [0.29, 0.717) is 11.3 Å². The third kappa shape index (κ3) is 3.58. The van der Waals surface area contributed by atoms with Gasteiger partial charge in [-0.15, -0.1) is 11.3 Å². The fourth-order valence-corrected chi connectivity index (χ4v) is 7.82. The molecule has 0 radical (unpaired) electrons. The van der Waals surface area contributed by atoms with E-state index in [2.05, 4.69) is 47.2 Å². The van der Waals surface area contributed by atoms with E-state index in [0.717, 1.165) is 26.4 Å². The van der Waals surface area contributed by atoms with Gasteiger partial charge in [0.05, 0.1) is 18.6 Å². The number of ether oxygens (including phenoxy) is 1. The van der Waals surface area contributed by atoms with E-state index in [-0.39, 0.29) is 6.54 Å². The molecule has 1 aliphatic heterocycles. The van der Waals surface area contributed by atoms with Crippen molar-refractivity contribution in [3.8, 4) is 21.6 Å². The van der Waals surface area contributed by atoms with E-state index in [9.17, 15) is 13.2 Å². The predicted molar refractivity (Wildman–Crippen MR) is 130 cm³/mol. The Balaban J connectivity index is 1.42. The van der Waals surface area contributed by atoms with Crippen LogP contribution in [0.4, 0.5) is 0 Å². The normalized spacial score (nSPS) is 16.1. The number of methoxy groups -OCH3 is 1. The summed E-state index contributed by atoms with van der Waals surface area (Å²) < 4.78 is 34.4. The standard InChI is InChI=1S/C25H24N2O4S2/c1-4-20(25(28)31-3)27-15-23-24(33(27,29)30)14-22(32-23)17-7-5-16(6-8-17)18-9-10-21-19(13-18)11-12-26(21)2/h5-14,20H,4,15H2,1-3H3. The Kier molecular flexibility index (Phi) is 5.39. The molecule has 3 heterocycles. The Bertz CT molecular complexity index is 1470. The third-order valence-corrected chi connectivity index (χ3v) is 9.47. The highest BCUT2D eigenvalue weighted by atomic mass is 32.2. The molecule has 2 aromatic carbocycles. The summed E-state index contributed by atoms with van der Waals surface area (Å²) in [6.45, 7) is 1.98. The van der Waals surface area contributed by atoms with Gasteiger partial charge < -0.3 is 9.30 Å². The van der Waals surface area contributed by atoms with Gasteiger partial charge in [0.25, 0.3) is 0 Å². The van der Waals surface area contributed by atoms with Gasteiger partial charge in [-0.1, -0.05) is 37.3 Å². The molecule has 5 rings (SSSR count). The minimum atomic E-state index is -3.73. The first kappa shape index (κ1) is 21.9. The molecule has 4 aromatic rings. The summed E-state index contributed by atoms with van der Waals surface area (Å²) in [6.07, 6.45) is 2.42. The zero-order valence-corrected chi connectivity index (χ0v) is 20.2. The maximum absolute atomic E-state index is 13.1. The molecule has 0 saturated carbocycles. The number of hydrogen-bond donors (Lipinski definition) is 0. The largest absolute Gasteiger partial charge is 0.468 e. The minimum absolute atomic E-state index is 0.200.